The van der Waals surface area contributed by atoms with Crippen molar-refractivity contribution < 1.29 is 5.11 Å². The lowest BCUT2D eigenvalue weighted by Crippen LogP contribution is -2.04. The van der Waals surface area contributed by atoms with Gasteiger partial charge in [-0.15, -0.1) is 10.2 Å². The van der Waals surface area contributed by atoms with Crippen LogP contribution in [0.25, 0.3) is 5.69 Å². The molecule has 0 aliphatic rings. The Bertz CT molecular complexity index is 525. The minimum atomic E-state index is 0.176. The monoisotopic (exact) mass is 263 g/mol. The summed E-state index contributed by atoms with van der Waals surface area (Å²) in [6, 6.07) is 8.27. The van der Waals surface area contributed by atoms with Gasteiger partial charge in [0.1, 0.15) is 5.82 Å². The first-order chi connectivity index (χ1) is 8.76. The number of thioether (sulfide) groups is 1. The highest BCUT2D eigenvalue weighted by molar-refractivity contribution is 7.98. The maximum absolute atomic E-state index is 8.93. The van der Waals surface area contributed by atoms with Gasteiger partial charge in [0.25, 0.3) is 0 Å². The summed E-state index contributed by atoms with van der Waals surface area (Å²) in [4.78, 5) is 0. The maximum Gasteiger partial charge on any atom is 0.195 e. The van der Waals surface area contributed by atoms with E-state index in [4.69, 9.17) is 5.11 Å². The van der Waals surface area contributed by atoms with Crippen LogP contribution in [0.15, 0.2) is 29.4 Å². The number of nitrogens with zero attached hydrogens (tertiary/aromatic N) is 3. The van der Waals surface area contributed by atoms with Gasteiger partial charge >= 0.3 is 0 Å². The standard InChI is InChI=1S/C13H17N3OS/c1-10-5-3-6-11(9-10)16-12(7-4-8-17)14-15-13(16)18-2/h3,5-6,9,17H,4,7-8H2,1-2H3. The zero-order chi connectivity index (χ0) is 13.0. The molecule has 0 aliphatic heterocycles. The average Bonchev–Trinajstić information content (AvgIpc) is 2.79. The molecule has 1 heterocycles. The Labute approximate surface area is 111 Å². The van der Waals surface area contributed by atoms with Crippen LogP contribution in [0.1, 0.15) is 17.8 Å². The number of aromatic nitrogens is 3. The molecule has 5 heteroatoms. The molecule has 0 fully saturated rings. The Morgan fingerprint density at radius 2 is 2.17 bits per heavy atom. The molecule has 0 aliphatic carbocycles. The highest BCUT2D eigenvalue weighted by Gasteiger charge is 2.12. The fourth-order valence-electron chi connectivity index (χ4n) is 1.86. The minimum absolute atomic E-state index is 0.176. The van der Waals surface area contributed by atoms with Crippen LogP contribution in [-0.4, -0.2) is 32.7 Å². The molecule has 2 rings (SSSR count). The van der Waals surface area contributed by atoms with E-state index < -0.39 is 0 Å². The molecular formula is C13H17N3OS. The molecule has 2 aromatic rings. The zero-order valence-corrected chi connectivity index (χ0v) is 11.4. The summed E-state index contributed by atoms with van der Waals surface area (Å²) < 4.78 is 2.06. The number of aliphatic hydroxyl groups is 1. The molecule has 0 bridgehead atoms. The van der Waals surface area contributed by atoms with Crippen LogP contribution in [0.3, 0.4) is 0 Å². The van der Waals surface area contributed by atoms with E-state index in [9.17, 15) is 0 Å². The quantitative estimate of drug-likeness (QED) is 0.840. The summed E-state index contributed by atoms with van der Waals surface area (Å²) >= 11 is 1.58. The Hall–Kier alpha value is -1.33. The van der Waals surface area contributed by atoms with Gasteiger partial charge in [0.15, 0.2) is 5.16 Å². The van der Waals surface area contributed by atoms with E-state index in [2.05, 4.69) is 39.9 Å². The highest BCUT2D eigenvalue weighted by atomic mass is 32.2. The van der Waals surface area contributed by atoms with E-state index in [1.54, 1.807) is 11.8 Å². The first-order valence-electron chi connectivity index (χ1n) is 5.92. The second-order valence-electron chi connectivity index (χ2n) is 4.10. The second-order valence-corrected chi connectivity index (χ2v) is 4.88. The molecule has 1 aromatic heterocycles. The van der Waals surface area contributed by atoms with E-state index in [1.807, 2.05) is 12.3 Å². The van der Waals surface area contributed by atoms with Gasteiger partial charge in [0.2, 0.25) is 0 Å². The average molecular weight is 263 g/mol. The van der Waals surface area contributed by atoms with Crippen molar-refractivity contribution in [3.8, 4) is 5.69 Å². The first-order valence-corrected chi connectivity index (χ1v) is 7.15. The van der Waals surface area contributed by atoms with Crippen molar-refractivity contribution in [2.24, 2.45) is 0 Å². The lowest BCUT2D eigenvalue weighted by molar-refractivity contribution is 0.287. The van der Waals surface area contributed by atoms with Crippen LogP contribution < -0.4 is 0 Å². The van der Waals surface area contributed by atoms with Gasteiger partial charge in [-0.2, -0.15) is 0 Å². The first kappa shape index (κ1) is 13.1. The normalized spacial score (nSPS) is 10.8. The number of benzene rings is 1. The van der Waals surface area contributed by atoms with Crippen LogP contribution >= 0.6 is 11.8 Å². The van der Waals surface area contributed by atoms with Crippen molar-refractivity contribution >= 4 is 11.8 Å². The number of aliphatic hydroxyl groups excluding tert-OH is 1. The highest BCUT2D eigenvalue weighted by Crippen LogP contribution is 2.21. The van der Waals surface area contributed by atoms with Crippen molar-refractivity contribution in [2.45, 2.75) is 24.9 Å². The Balaban J connectivity index is 2.43. The van der Waals surface area contributed by atoms with E-state index in [-0.39, 0.29) is 6.61 Å². The molecule has 0 unspecified atom stereocenters. The number of rotatable bonds is 5. The third kappa shape index (κ3) is 2.73. The molecule has 0 amide bonds. The number of hydrogen-bond acceptors (Lipinski definition) is 4. The van der Waals surface area contributed by atoms with Crippen molar-refractivity contribution in [2.75, 3.05) is 12.9 Å². The molecule has 4 nitrogen and oxygen atoms in total. The van der Waals surface area contributed by atoms with Crippen LogP contribution in [0, 0.1) is 6.92 Å². The lowest BCUT2D eigenvalue weighted by Gasteiger charge is -2.09. The van der Waals surface area contributed by atoms with Crippen LogP contribution in [0.4, 0.5) is 0 Å². The summed E-state index contributed by atoms with van der Waals surface area (Å²) in [7, 11) is 0. The SMILES string of the molecule is CSc1nnc(CCCO)n1-c1cccc(C)c1. The molecule has 0 radical (unpaired) electrons. The number of hydrogen-bond donors (Lipinski definition) is 1. The summed E-state index contributed by atoms with van der Waals surface area (Å²) in [5.74, 6) is 0.902. The summed E-state index contributed by atoms with van der Waals surface area (Å²) in [5.41, 5.74) is 2.29. The van der Waals surface area contributed by atoms with Gasteiger partial charge in [0, 0.05) is 18.7 Å². The molecule has 0 atom stereocenters. The minimum Gasteiger partial charge on any atom is -0.396 e. The lowest BCUT2D eigenvalue weighted by atomic mass is 10.2. The Kier molecular flexibility index (Phi) is 4.38. The van der Waals surface area contributed by atoms with Crippen molar-refractivity contribution in [1.29, 1.82) is 0 Å². The molecule has 1 aromatic carbocycles. The third-order valence-corrected chi connectivity index (χ3v) is 3.33. The zero-order valence-electron chi connectivity index (χ0n) is 10.6. The fraction of sp³-hybridized carbons (Fsp3) is 0.385. The molecular weight excluding hydrogens is 246 g/mol. The topological polar surface area (TPSA) is 50.9 Å². The summed E-state index contributed by atoms with van der Waals surface area (Å²) in [5, 5.41) is 18.2. The molecule has 1 N–H and O–H groups in total. The van der Waals surface area contributed by atoms with Gasteiger partial charge in [0.05, 0.1) is 0 Å². The van der Waals surface area contributed by atoms with Gasteiger partial charge in [-0.1, -0.05) is 23.9 Å². The molecule has 18 heavy (non-hydrogen) atoms. The largest absolute Gasteiger partial charge is 0.396 e. The van der Waals surface area contributed by atoms with Crippen LogP contribution in [0.2, 0.25) is 0 Å². The van der Waals surface area contributed by atoms with Crippen molar-refractivity contribution in [3.05, 3.63) is 35.7 Å². The van der Waals surface area contributed by atoms with Crippen LogP contribution in [-0.2, 0) is 6.42 Å². The predicted octanol–water partition coefficient (Wildman–Crippen LogP) is 2.22. The Morgan fingerprint density at radius 3 is 2.83 bits per heavy atom. The fourth-order valence-corrected chi connectivity index (χ4v) is 2.37. The van der Waals surface area contributed by atoms with E-state index in [0.29, 0.717) is 6.42 Å². The second kappa shape index (κ2) is 6.02. The van der Waals surface area contributed by atoms with Crippen LogP contribution in [0.5, 0.6) is 0 Å². The smallest absolute Gasteiger partial charge is 0.195 e. The molecule has 0 spiro atoms. The van der Waals surface area contributed by atoms with Gasteiger partial charge in [-0.05, 0) is 37.3 Å². The predicted molar refractivity (Wildman–Crippen MR) is 73.3 cm³/mol. The maximum atomic E-state index is 8.93. The van der Waals surface area contributed by atoms with Gasteiger partial charge in [-0.3, -0.25) is 4.57 Å². The summed E-state index contributed by atoms with van der Waals surface area (Å²) in [6.07, 6.45) is 3.43. The third-order valence-electron chi connectivity index (χ3n) is 2.70. The number of aryl methyl sites for hydroxylation is 2. The summed E-state index contributed by atoms with van der Waals surface area (Å²) in [6.45, 7) is 2.25. The van der Waals surface area contributed by atoms with Gasteiger partial charge < -0.3 is 5.11 Å². The van der Waals surface area contributed by atoms with E-state index in [1.165, 1.54) is 5.56 Å². The van der Waals surface area contributed by atoms with E-state index >= 15 is 0 Å². The van der Waals surface area contributed by atoms with Crippen molar-refractivity contribution in [3.63, 3.8) is 0 Å². The van der Waals surface area contributed by atoms with Crippen molar-refractivity contribution in [1.82, 2.24) is 14.8 Å². The molecule has 0 saturated carbocycles. The Morgan fingerprint density at radius 1 is 1.33 bits per heavy atom. The molecule has 0 saturated heterocycles. The van der Waals surface area contributed by atoms with Gasteiger partial charge in [-0.25, -0.2) is 0 Å². The van der Waals surface area contributed by atoms with E-state index in [0.717, 1.165) is 23.1 Å². The molecule has 96 valence electrons.